The van der Waals surface area contributed by atoms with Crippen molar-refractivity contribution in [3.05, 3.63) is 29.8 Å². The smallest absolute Gasteiger partial charge is 0.159 e. The molecule has 3 heteroatoms. The van der Waals surface area contributed by atoms with Crippen LogP contribution < -0.4 is 5.73 Å². The Bertz CT molecular complexity index is 308. The summed E-state index contributed by atoms with van der Waals surface area (Å²) in [5.41, 5.74) is 7.81. The topological polar surface area (TPSA) is 38.4 Å². The molecule has 0 fully saturated rings. The zero-order chi connectivity index (χ0) is 9.68. The van der Waals surface area contributed by atoms with Crippen molar-refractivity contribution in [3.63, 3.8) is 0 Å². The summed E-state index contributed by atoms with van der Waals surface area (Å²) in [6.07, 6.45) is 0. The molecule has 1 rings (SSSR count). The Labute approximate surface area is 83.2 Å². The number of amidine groups is 1. The molecule has 0 spiro atoms. The van der Waals surface area contributed by atoms with Crippen molar-refractivity contribution in [2.45, 2.75) is 13.8 Å². The fourth-order valence-corrected chi connectivity index (χ4v) is 1.47. The minimum atomic E-state index is 0.633. The summed E-state index contributed by atoms with van der Waals surface area (Å²) >= 11 is 1.56. The zero-order valence-corrected chi connectivity index (χ0v) is 8.77. The van der Waals surface area contributed by atoms with E-state index in [4.69, 9.17) is 5.73 Å². The number of benzene rings is 1. The molecule has 1 aromatic carbocycles. The van der Waals surface area contributed by atoms with E-state index in [9.17, 15) is 0 Å². The van der Waals surface area contributed by atoms with Crippen LogP contribution in [0.3, 0.4) is 0 Å². The highest BCUT2D eigenvalue weighted by Crippen LogP contribution is 2.15. The molecule has 0 unspecified atom stereocenters. The monoisotopic (exact) mass is 194 g/mol. The number of nitrogens with zero attached hydrogens (tertiary/aromatic N) is 1. The van der Waals surface area contributed by atoms with Gasteiger partial charge in [0.05, 0.1) is 5.69 Å². The highest BCUT2D eigenvalue weighted by molar-refractivity contribution is 8.13. The van der Waals surface area contributed by atoms with Crippen LogP contribution in [-0.2, 0) is 0 Å². The molecule has 0 aliphatic rings. The number of rotatable bonds is 2. The molecule has 70 valence electrons. The second-order valence-corrected chi connectivity index (χ2v) is 4.01. The Morgan fingerprint density at radius 2 is 2.31 bits per heavy atom. The van der Waals surface area contributed by atoms with Crippen molar-refractivity contribution in [3.8, 4) is 0 Å². The second-order valence-electron chi connectivity index (χ2n) is 2.72. The van der Waals surface area contributed by atoms with Gasteiger partial charge in [0.15, 0.2) is 5.17 Å². The lowest BCUT2D eigenvalue weighted by molar-refractivity contribution is 1.42. The van der Waals surface area contributed by atoms with E-state index in [1.807, 2.05) is 31.2 Å². The highest BCUT2D eigenvalue weighted by atomic mass is 32.2. The molecule has 0 radical (unpaired) electrons. The SMILES string of the molecule is CCSC(N)=Nc1cccc(C)c1. The summed E-state index contributed by atoms with van der Waals surface area (Å²) in [6, 6.07) is 8.00. The van der Waals surface area contributed by atoms with E-state index >= 15 is 0 Å². The van der Waals surface area contributed by atoms with Gasteiger partial charge in [0.25, 0.3) is 0 Å². The van der Waals surface area contributed by atoms with Crippen LogP contribution in [0.25, 0.3) is 0 Å². The normalized spacial score (nSPS) is 11.7. The number of hydrogen-bond donors (Lipinski definition) is 1. The number of thioether (sulfide) groups is 1. The summed E-state index contributed by atoms with van der Waals surface area (Å²) in [4.78, 5) is 4.27. The molecule has 1 aromatic rings. The maximum atomic E-state index is 5.68. The summed E-state index contributed by atoms with van der Waals surface area (Å²) < 4.78 is 0. The van der Waals surface area contributed by atoms with Gasteiger partial charge in [0.2, 0.25) is 0 Å². The van der Waals surface area contributed by atoms with Crippen LogP contribution in [0, 0.1) is 6.92 Å². The Balaban J connectivity index is 2.78. The van der Waals surface area contributed by atoms with Crippen LogP contribution >= 0.6 is 11.8 Å². The fourth-order valence-electron chi connectivity index (χ4n) is 1.00. The van der Waals surface area contributed by atoms with Gasteiger partial charge in [-0.05, 0) is 30.4 Å². The van der Waals surface area contributed by atoms with Crippen molar-refractivity contribution in [2.24, 2.45) is 10.7 Å². The van der Waals surface area contributed by atoms with E-state index in [-0.39, 0.29) is 0 Å². The Kier molecular flexibility index (Phi) is 3.83. The van der Waals surface area contributed by atoms with Crippen molar-refractivity contribution in [1.29, 1.82) is 0 Å². The van der Waals surface area contributed by atoms with Gasteiger partial charge in [-0.15, -0.1) is 0 Å². The van der Waals surface area contributed by atoms with Crippen LogP contribution in [0.15, 0.2) is 29.3 Å². The largest absolute Gasteiger partial charge is 0.378 e. The lowest BCUT2D eigenvalue weighted by Crippen LogP contribution is -2.05. The number of nitrogens with two attached hydrogens (primary N) is 1. The van der Waals surface area contributed by atoms with Crippen molar-refractivity contribution >= 4 is 22.6 Å². The third-order valence-corrected chi connectivity index (χ3v) is 2.21. The molecule has 0 aromatic heterocycles. The molecular formula is C10H14N2S. The van der Waals surface area contributed by atoms with Gasteiger partial charge in [-0.2, -0.15) is 0 Å². The minimum Gasteiger partial charge on any atom is -0.378 e. The van der Waals surface area contributed by atoms with Gasteiger partial charge in [0, 0.05) is 0 Å². The first kappa shape index (κ1) is 10.1. The molecule has 0 atom stereocenters. The summed E-state index contributed by atoms with van der Waals surface area (Å²) in [7, 11) is 0. The van der Waals surface area contributed by atoms with Crippen molar-refractivity contribution in [1.82, 2.24) is 0 Å². The average Bonchev–Trinajstić information content (AvgIpc) is 2.04. The first-order valence-electron chi connectivity index (χ1n) is 4.26. The highest BCUT2D eigenvalue weighted by Gasteiger charge is 1.93. The van der Waals surface area contributed by atoms with E-state index in [1.54, 1.807) is 11.8 Å². The summed E-state index contributed by atoms with van der Waals surface area (Å²) in [6.45, 7) is 4.10. The van der Waals surface area contributed by atoms with Gasteiger partial charge in [0.1, 0.15) is 0 Å². The first-order chi connectivity index (χ1) is 6.22. The molecule has 0 bridgehead atoms. The molecule has 0 saturated heterocycles. The van der Waals surface area contributed by atoms with Crippen LogP contribution in [-0.4, -0.2) is 10.9 Å². The number of hydrogen-bond acceptors (Lipinski definition) is 2. The molecular weight excluding hydrogens is 180 g/mol. The van der Waals surface area contributed by atoms with E-state index < -0.39 is 0 Å². The molecule has 0 amide bonds. The zero-order valence-electron chi connectivity index (χ0n) is 7.95. The standard InChI is InChI=1S/C10H14N2S/c1-3-13-10(11)12-9-6-4-5-8(2)7-9/h4-7H,3H2,1-2H3,(H2,11,12). The molecule has 13 heavy (non-hydrogen) atoms. The lowest BCUT2D eigenvalue weighted by Gasteiger charge is -1.98. The fraction of sp³-hybridized carbons (Fsp3) is 0.300. The first-order valence-corrected chi connectivity index (χ1v) is 5.24. The molecule has 0 aliphatic heterocycles. The van der Waals surface area contributed by atoms with E-state index in [0.717, 1.165) is 11.4 Å². The van der Waals surface area contributed by atoms with E-state index in [1.165, 1.54) is 5.56 Å². The second kappa shape index (κ2) is 4.92. The lowest BCUT2D eigenvalue weighted by atomic mass is 10.2. The number of aryl methyl sites for hydroxylation is 1. The van der Waals surface area contributed by atoms with Crippen molar-refractivity contribution < 1.29 is 0 Å². The average molecular weight is 194 g/mol. The Morgan fingerprint density at radius 1 is 1.54 bits per heavy atom. The third kappa shape index (κ3) is 3.51. The van der Waals surface area contributed by atoms with Gasteiger partial charge in [-0.3, -0.25) is 0 Å². The molecule has 2 nitrogen and oxygen atoms in total. The van der Waals surface area contributed by atoms with Crippen LogP contribution in [0.5, 0.6) is 0 Å². The third-order valence-electron chi connectivity index (χ3n) is 1.53. The Morgan fingerprint density at radius 3 is 2.92 bits per heavy atom. The van der Waals surface area contributed by atoms with Gasteiger partial charge in [-0.25, -0.2) is 4.99 Å². The van der Waals surface area contributed by atoms with Crippen molar-refractivity contribution in [2.75, 3.05) is 5.75 Å². The summed E-state index contributed by atoms with van der Waals surface area (Å²) in [5, 5.41) is 0.633. The molecule has 0 heterocycles. The predicted molar refractivity (Wildman–Crippen MR) is 60.6 cm³/mol. The van der Waals surface area contributed by atoms with E-state index in [0.29, 0.717) is 5.17 Å². The molecule has 0 aliphatic carbocycles. The van der Waals surface area contributed by atoms with Crippen LogP contribution in [0.2, 0.25) is 0 Å². The quantitative estimate of drug-likeness (QED) is 0.580. The van der Waals surface area contributed by atoms with E-state index in [2.05, 4.69) is 11.9 Å². The van der Waals surface area contributed by atoms with Gasteiger partial charge >= 0.3 is 0 Å². The van der Waals surface area contributed by atoms with Crippen LogP contribution in [0.1, 0.15) is 12.5 Å². The molecule has 2 N–H and O–H groups in total. The predicted octanol–water partition coefficient (Wildman–Crippen LogP) is 2.69. The minimum absolute atomic E-state index is 0.633. The molecule has 0 saturated carbocycles. The number of aliphatic imine (C=N–C) groups is 1. The summed E-state index contributed by atoms with van der Waals surface area (Å²) in [5.74, 6) is 0.959. The van der Waals surface area contributed by atoms with Gasteiger partial charge < -0.3 is 5.73 Å². The maximum Gasteiger partial charge on any atom is 0.159 e. The Hall–Kier alpha value is -0.960. The maximum absolute atomic E-state index is 5.68. The van der Waals surface area contributed by atoms with Gasteiger partial charge in [-0.1, -0.05) is 30.8 Å². The van der Waals surface area contributed by atoms with Crippen LogP contribution in [0.4, 0.5) is 5.69 Å².